The van der Waals surface area contributed by atoms with Gasteiger partial charge in [-0.05, 0) is 91.4 Å². The first-order chi connectivity index (χ1) is 12.9. The number of allylic oxidation sites excluding steroid dienone is 2. The molecule has 4 rings (SSSR count). The van der Waals surface area contributed by atoms with Crippen LogP contribution < -0.4 is 0 Å². The summed E-state index contributed by atoms with van der Waals surface area (Å²) in [4.78, 5) is 13.8. The highest BCUT2D eigenvalue weighted by molar-refractivity contribution is 5.99. The molecule has 152 valence electrons. The van der Waals surface area contributed by atoms with Crippen molar-refractivity contribution in [2.24, 2.45) is 46.3 Å². The van der Waals surface area contributed by atoms with Gasteiger partial charge < -0.3 is 0 Å². The molecule has 0 aliphatic heterocycles. The van der Waals surface area contributed by atoms with Crippen LogP contribution in [-0.2, 0) is 4.79 Å². The summed E-state index contributed by atoms with van der Waals surface area (Å²) in [5, 5.41) is 0. The van der Waals surface area contributed by atoms with Crippen molar-refractivity contribution in [2.45, 2.75) is 98.8 Å². The third-order valence-electron chi connectivity index (χ3n) is 10.1. The van der Waals surface area contributed by atoms with E-state index < -0.39 is 0 Å². The standard InChI is InChI=1S/C26H42O/c1-6-10-17(3)19-12-13-21-23-22(14-16-26(19,21)5)25(4)15-9-8-11-20(25)18(7-2)24(23)27/h7,17,19-23H,6,8-16H2,1-5H3/b18-7+/t17-,19?,20?,21?,22?,23?,25?,26?/m1/s1. The van der Waals surface area contributed by atoms with E-state index in [2.05, 4.69) is 40.7 Å². The molecule has 1 nitrogen and oxygen atoms in total. The van der Waals surface area contributed by atoms with Gasteiger partial charge in [-0.15, -0.1) is 0 Å². The molecule has 0 saturated heterocycles. The molecule has 0 aromatic carbocycles. The van der Waals surface area contributed by atoms with Crippen LogP contribution >= 0.6 is 0 Å². The molecule has 1 heteroatoms. The third-order valence-corrected chi connectivity index (χ3v) is 10.1. The quantitative estimate of drug-likeness (QED) is 0.480. The lowest BCUT2D eigenvalue weighted by molar-refractivity contribution is -0.146. The van der Waals surface area contributed by atoms with Crippen molar-refractivity contribution in [1.29, 1.82) is 0 Å². The Kier molecular flexibility index (Phi) is 5.13. The minimum absolute atomic E-state index is 0.327. The van der Waals surface area contributed by atoms with Crippen molar-refractivity contribution in [3.05, 3.63) is 11.6 Å². The topological polar surface area (TPSA) is 17.1 Å². The highest BCUT2D eigenvalue weighted by atomic mass is 16.1. The monoisotopic (exact) mass is 370 g/mol. The fourth-order valence-corrected chi connectivity index (χ4v) is 8.90. The summed E-state index contributed by atoms with van der Waals surface area (Å²) in [6.45, 7) is 12.1. The Hall–Kier alpha value is -0.590. The molecule has 8 atom stereocenters. The van der Waals surface area contributed by atoms with E-state index in [4.69, 9.17) is 0 Å². The first-order valence-corrected chi connectivity index (χ1v) is 12.1. The lowest BCUT2D eigenvalue weighted by atomic mass is 9.43. The highest BCUT2D eigenvalue weighted by Gasteiger charge is 2.63. The molecule has 4 fully saturated rings. The van der Waals surface area contributed by atoms with Gasteiger partial charge in [-0.25, -0.2) is 0 Å². The van der Waals surface area contributed by atoms with Gasteiger partial charge in [0.1, 0.15) is 0 Å². The van der Waals surface area contributed by atoms with Crippen molar-refractivity contribution in [3.63, 3.8) is 0 Å². The molecule has 0 radical (unpaired) electrons. The van der Waals surface area contributed by atoms with Gasteiger partial charge >= 0.3 is 0 Å². The van der Waals surface area contributed by atoms with E-state index >= 15 is 0 Å². The maximum absolute atomic E-state index is 13.8. The van der Waals surface area contributed by atoms with Gasteiger partial charge in [0.2, 0.25) is 0 Å². The number of hydrogen-bond acceptors (Lipinski definition) is 1. The molecule has 4 saturated carbocycles. The zero-order chi connectivity index (χ0) is 19.4. The third kappa shape index (κ3) is 2.73. The van der Waals surface area contributed by atoms with Gasteiger partial charge in [0.25, 0.3) is 0 Å². The first kappa shape index (κ1) is 19.7. The summed E-state index contributed by atoms with van der Waals surface area (Å²) < 4.78 is 0. The molecule has 0 aromatic heterocycles. The van der Waals surface area contributed by atoms with Crippen molar-refractivity contribution >= 4 is 5.78 Å². The Balaban J connectivity index is 1.70. The minimum atomic E-state index is 0.327. The van der Waals surface area contributed by atoms with Crippen LogP contribution in [0.5, 0.6) is 0 Å². The van der Waals surface area contributed by atoms with E-state index in [0.29, 0.717) is 40.3 Å². The first-order valence-electron chi connectivity index (χ1n) is 12.1. The fourth-order valence-electron chi connectivity index (χ4n) is 8.90. The lowest BCUT2D eigenvalue weighted by Crippen LogP contribution is -2.57. The molecule has 0 N–H and O–H groups in total. The van der Waals surface area contributed by atoms with Gasteiger partial charge in [-0.1, -0.05) is 59.5 Å². The normalized spacial score (nSPS) is 49.4. The second-order valence-corrected chi connectivity index (χ2v) is 11.1. The van der Waals surface area contributed by atoms with Crippen molar-refractivity contribution < 1.29 is 4.79 Å². The maximum atomic E-state index is 13.8. The van der Waals surface area contributed by atoms with E-state index in [-0.39, 0.29) is 0 Å². The van der Waals surface area contributed by atoms with Gasteiger partial charge in [0.05, 0.1) is 0 Å². The van der Waals surface area contributed by atoms with Crippen LogP contribution in [0.2, 0.25) is 0 Å². The van der Waals surface area contributed by atoms with Crippen molar-refractivity contribution in [1.82, 2.24) is 0 Å². The van der Waals surface area contributed by atoms with Crippen LogP contribution in [0.4, 0.5) is 0 Å². The van der Waals surface area contributed by atoms with Crippen LogP contribution in [-0.4, -0.2) is 5.78 Å². The second-order valence-electron chi connectivity index (χ2n) is 11.1. The number of ketones is 1. The summed E-state index contributed by atoms with van der Waals surface area (Å²) in [6.07, 6.45) is 15.5. The zero-order valence-electron chi connectivity index (χ0n) is 18.5. The average molecular weight is 371 g/mol. The van der Waals surface area contributed by atoms with Crippen LogP contribution in [0.3, 0.4) is 0 Å². The number of hydrogen-bond donors (Lipinski definition) is 0. The predicted octanol–water partition coefficient (Wildman–Crippen LogP) is 7.21. The van der Waals surface area contributed by atoms with Gasteiger partial charge in [0.15, 0.2) is 5.78 Å². The van der Waals surface area contributed by atoms with Crippen molar-refractivity contribution in [2.75, 3.05) is 0 Å². The molecule has 4 aliphatic rings. The smallest absolute Gasteiger partial charge is 0.162 e. The molecule has 0 amide bonds. The van der Waals surface area contributed by atoms with E-state index in [1.165, 1.54) is 69.8 Å². The zero-order valence-corrected chi connectivity index (χ0v) is 18.5. The summed E-state index contributed by atoms with van der Waals surface area (Å²) in [7, 11) is 0. The molecule has 27 heavy (non-hydrogen) atoms. The van der Waals surface area contributed by atoms with E-state index in [1.807, 2.05) is 0 Å². The van der Waals surface area contributed by atoms with Crippen LogP contribution in [0.15, 0.2) is 11.6 Å². The molecule has 7 unspecified atom stereocenters. The molecule has 0 heterocycles. The fraction of sp³-hybridized carbons (Fsp3) is 0.885. The van der Waals surface area contributed by atoms with Crippen LogP contribution in [0.25, 0.3) is 0 Å². The summed E-state index contributed by atoms with van der Waals surface area (Å²) in [5.74, 6) is 4.40. The number of rotatable bonds is 3. The molecule has 0 aromatic rings. The number of fused-ring (bicyclic) bond motifs is 5. The largest absolute Gasteiger partial charge is 0.294 e. The van der Waals surface area contributed by atoms with Crippen LogP contribution in [0, 0.1) is 46.3 Å². The van der Waals surface area contributed by atoms with Crippen molar-refractivity contribution in [3.8, 4) is 0 Å². The number of carbonyl (C=O) groups is 1. The molecule has 4 aliphatic carbocycles. The van der Waals surface area contributed by atoms with Gasteiger partial charge in [-0.3, -0.25) is 4.79 Å². The summed E-state index contributed by atoms with van der Waals surface area (Å²) in [5.41, 5.74) is 2.02. The van der Waals surface area contributed by atoms with Gasteiger partial charge in [-0.2, -0.15) is 0 Å². The Morgan fingerprint density at radius 2 is 1.78 bits per heavy atom. The van der Waals surface area contributed by atoms with E-state index in [1.54, 1.807) is 0 Å². The molecule has 0 spiro atoms. The Morgan fingerprint density at radius 1 is 1.04 bits per heavy atom. The molecular weight excluding hydrogens is 328 g/mol. The van der Waals surface area contributed by atoms with E-state index in [9.17, 15) is 4.79 Å². The SMILES string of the molecule is C/C=C1/C(=O)C2C(CCC3(C)C2CCC3[C@H](C)CCC)C2(C)CCCCC12. The number of carbonyl (C=O) groups excluding carboxylic acids is 1. The summed E-state index contributed by atoms with van der Waals surface area (Å²) >= 11 is 0. The van der Waals surface area contributed by atoms with Crippen LogP contribution in [0.1, 0.15) is 98.8 Å². The lowest BCUT2D eigenvalue weighted by Gasteiger charge is -2.60. The predicted molar refractivity (Wildman–Crippen MR) is 113 cm³/mol. The van der Waals surface area contributed by atoms with E-state index in [0.717, 1.165) is 11.8 Å². The average Bonchev–Trinajstić information content (AvgIpc) is 3.00. The Morgan fingerprint density at radius 3 is 2.48 bits per heavy atom. The molecular formula is C26H42O. The van der Waals surface area contributed by atoms with Gasteiger partial charge in [0, 0.05) is 5.92 Å². The maximum Gasteiger partial charge on any atom is 0.162 e. The Labute approximate surface area is 167 Å². The minimum Gasteiger partial charge on any atom is -0.294 e. The second kappa shape index (κ2) is 7.03. The summed E-state index contributed by atoms with van der Waals surface area (Å²) in [6, 6.07) is 0. The highest BCUT2D eigenvalue weighted by Crippen LogP contribution is 2.68. The molecule has 0 bridgehead atoms. The number of Topliss-reactive ketones (excluding diaryl/α,β-unsaturated/α-hetero) is 1. The Bertz CT molecular complexity index is 618.